The lowest BCUT2D eigenvalue weighted by Crippen LogP contribution is -2.60. The zero-order valence-electron chi connectivity index (χ0n) is 46.9. The summed E-state index contributed by atoms with van der Waals surface area (Å²) in [4.78, 5) is 13.2. The van der Waals surface area contributed by atoms with E-state index in [1.165, 1.54) is 180 Å². The van der Waals surface area contributed by atoms with Crippen LogP contribution in [-0.2, 0) is 14.3 Å². The quantitative estimate of drug-likeness (QED) is 0.0215. The van der Waals surface area contributed by atoms with Crippen LogP contribution in [0.15, 0.2) is 48.6 Å². The van der Waals surface area contributed by atoms with Crippen molar-refractivity contribution < 1.29 is 50.0 Å². The largest absolute Gasteiger partial charge is 0.394 e. The van der Waals surface area contributed by atoms with Crippen molar-refractivity contribution in [1.82, 2.24) is 5.32 Å². The fourth-order valence-corrected chi connectivity index (χ4v) is 9.59. The number of amides is 1. The van der Waals surface area contributed by atoms with Crippen LogP contribution in [0, 0.1) is 0 Å². The Hall–Kier alpha value is -1.93. The number of carbonyl (C=O) groups excluding carboxylic acids is 1. The normalized spacial score (nSPS) is 20.3. The van der Waals surface area contributed by atoms with Crippen molar-refractivity contribution in [1.29, 1.82) is 0 Å². The number of unbranched alkanes of at least 4 members (excludes halogenated alkanes) is 32. The van der Waals surface area contributed by atoms with Crippen LogP contribution in [0.1, 0.15) is 271 Å². The van der Waals surface area contributed by atoms with Crippen molar-refractivity contribution in [3.63, 3.8) is 0 Å². The second-order valence-electron chi connectivity index (χ2n) is 21.4. The zero-order valence-corrected chi connectivity index (χ0v) is 46.9. The molecule has 9 atom stereocenters. The monoisotopic (exact) mass is 1030 g/mol. The number of nitrogens with one attached hydrogen (secondary N) is 1. The summed E-state index contributed by atoms with van der Waals surface area (Å²) in [5.41, 5.74) is 0. The smallest absolute Gasteiger partial charge is 0.249 e. The Bertz CT molecular complexity index is 1320. The molecule has 0 spiro atoms. The van der Waals surface area contributed by atoms with E-state index in [0.29, 0.717) is 19.3 Å². The summed E-state index contributed by atoms with van der Waals surface area (Å²) in [6.45, 7) is 3.45. The first-order chi connectivity index (χ1) is 35.7. The van der Waals surface area contributed by atoms with Crippen molar-refractivity contribution in [2.75, 3.05) is 13.2 Å². The third kappa shape index (κ3) is 39.1. The molecule has 1 rings (SSSR count). The second-order valence-corrected chi connectivity index (χ2v) is 21.4. The predicted molar refractivity (Wildman–Crippen MR) is 302 cm³/mol. The van der Waals surface area contributed by atoms with Crippen molar-refractivity contribution in [3.8, 4) is 0 Å². The van der Waals surface area contributed by atoms with Crippen LogP contribution in [0.4, 0.5) is 0 Å². The van der Waals surface area contributed by atoms with Crippen molar-refractivity contribution in [2.45, 2.75) is 326 Å². The summed E-state index contributed by atoms with van der Waals surface area (Å²) in [6.07, 6.45) is 53.1. The SMILES string of the molecule is CCCCCCCCCC/C=C/CC/C=C/CC/C=C/CCCC(O)C(O)C(COC1OC(CO)C(O)C(O)C1O)NC(=O)C(O)CCCCCCCCCCC/C=C\CCCCCCCCCCCCCC. The van der Waals surface area contributed by atoms with E-state index >= 15 is 0 Å². The average molecular weight is 1030 g/mol. The highest BCUT2D eigenvalue weighted by molar-refractivity contribution is 5.80. The predicted octanol–water partition coefficient (Wildman–Crippen LogP) is 13.2. The molecular weight excluding hydrogens is 919 g/mol. The van der Waals surface area contributed by atoms with Gasteiger partial charge in [-0.2, -0.15) is 0 Å². The van der Waals surface area contributed by atoms with Gasteiger partial charge in [0.25, 0.3) is 0 Å². The van der Waals surface area contributed by atoms with Gasteiger partial charge in [0, 0.05) is 0 Å². The molecule has 0 aromatic rings. The third-order valence-corrected chi connectivity index (χ3v) is 14.6. The van der Waals surface area contributed by atoms with E-state index in [1.54, 1.807) is 0 Å². The molecule has 9 unspecified atom stereocenters. The van der Waals surface area contributed by atoms with Gasteiger partial charge in [0.1, 0.15) is 36.6 Å². The van der Waals surface area contributed by atoms with E-state index in [-0.39, 0.29) is 12.8 Å². The van der Waals surface area contributed by atoms with Crippen LogP contribution >= 0.6 is 0 Å². The van der Waals surface area contributed by atoms with E-state index in [4.69, 9.17) is 9.47 Å². The molecule has 1 amide bonds. The van der Waals surface area contributed by atoms with Gasteiger partial charge in [0.15, 0.2) is 6.29 Å². The maximum atomic E-state index is 13.2. The molecule has 11 nitrogen and oxygen atoms in total. The number of rotatable bonds is 52. The molecular formula is C62H115NO10. The van der Waals surface area contributed by atoms with E-state index in [1.807, 2.05) is 0 Å². The summed E-state index contributed by atoms with van der Waals surface area (Å²) in [5, 5.41) is 76.2. The van der Waals surface area contributed by atoms with E-state index < -0.39 is 74.2 Å². The third-order valence-electron chi connectivity index (χ3n) is 14.6. The molecule has 0 radical (unpaired) electrons. The van der Waals surface area contributed by atoms with Crippen molar-refractivity contribution in [2.24, 2.45) is 0 Å². The first-order valence-corrected chi connectivity index (χ1v) is 30.5. The summed E-state index contributed by atoms with van der Waals surface area (Å²) in [6, 6.07) is -1.20. The first-order valence-electron chi connectivity index (χ1n) is 30.5. The van der Waals surface area contributed by atoms with Gasteiger partial charge in [0.05, 0.1) is 25.4 Å². The minimum absolute atomic E-state index is 0.240. The molecule has 1 heterocycles. The number of carbonyl (C=O) groups is 1. The van der Waals surface area contributed by atoms with Crippen LogP contribution in [0.3, 0.4) is 0 Å². The minimum atomic E-state index is -1.67. The number of hydrogen-bond donors (Lipinski definition) is 8. The molecule has 1 saturated heterocycles. The van der Waals surface area contributed by atoms with E-state index in [9.17, 15) is 40.5 Å². The Morgan fingerprint density at radius 1 is 0.466 bits per heavy atom. The maximum Gasteiger partial charge on any atom is 0.249 e. The molecule has 0 bridgehead atoms. The Balaban J connectivity index is 2.32. The lowest BCUT2D eigenvalue weighted by molar-refractivity contribution is -0.303. The van der Waals surface area contributed by atoms with Crippen LogP contribution in [0.5, 0.6) is 0 Å². The average Bonchev–Trinajstić information content (AvgIpc) is 3.39. The fraction of sp³-hybridized carbons (Fsp3) is 0.855. The fourth-order valence-electron chi connectivity index (χ4n) is 9.59. The van der Waals surface area contributed by atoms with Gasteiger partial charge in [-0.05, 0) is 89.9 Å². The number of aliphatic hydroxyl groups excluding tert-OH is 7. The van der Waals surface area contributed by atoms with Gasteiger partial charge in [0.2, 0.25) is 5.91 Å². The molecule has 0 saturated carbocycles. The molecule has 11 heteroatoms. The summed E-state index contributed by atoms with van der Waals surface area (Å²) >= 11 is 0. The first kappa shape index (κ1) is 69.1. The highest BCUT2D eigenvalue weighted by Gasteiger charge is 2.44. The Morgan fingerprint density at radius 2 is 0.822 bits per heavy atom. The Kier molecular flexibility index (Phi) is 48.1. The number of aliphatic hydroxyl groups is 7. The molecule has 0 aromatic heterocycles. The summed E-state index contributed by atoms with van der Waals surface area (Å²) < 4.78 is 11.1. The second kappa shape index (κ2) is 50.9. The molecule has 1 aliphatic rings. The van der Waals surface area contributed by atoms with Gasteiger partial charge in [-0.3, -0.25) is 4.79 Å². The minimum Gasteiger partial charge on any atom is -0.394 e. The topological polar surface area (TPSA) is 189 Å². The van der Waals surface area contributed by atoms with Gasteiger partial charge >= 0.3 is 0 Å². The van der Waals surface area contributed by atoms with Gasteiger partial charge < -0.3 is 50.5 Å². The van der Waals surface area contributed by atoms with Crippen LogP contribution in [0.25, 0.3) is 0 Å². The van der Waals surface area contributed by atoms with Gasteiger partial charge in [-0.25, -0.2) is 0 Å². The van der Waals surface area contributed by atoms with Gasteiger partial charge in [-0.15, -0.1) is 0 Å². The highest BCUT2D eigenvalue weighted by atomic mass is 16.7. The molecule has 0 aromatic carbocycles. The molecule has 1 aliphatic heterocycles. The summed E-state index contributed by atoms with van der Waals surface area (Å²) in [5.74, 6) is -0.713. The van der Waals surface area contributed by atoms with Crippen molar-refractivity contribution >= 4 is 5.91 Å². The molecule has 8 N–H and O–H groups in total. The van der Waals surface area contributed by atoms with Crippen LogP contribution in [0.2, 0.25) is 0 Å². The lowest BCUT2D eigenvalue weighted by atomic mass is 9.98. The lowest BCUT2D eigenvalue weighted by Gasteiger charge is -2.40. The molecule has 0 aliphatic carbocycles. The number of allylic oxidation sites excluding steroid dienone is 8. The highest BCUT2D eigenvalue weighted by Crippen LogP contribution is 2.23. The van der Waals surface area contributed by atoms with E-state index in [2.05, 4.69) is 67.8 Å². The molecule has 1 fully saturated rings. The van der Waals surface area contributed by atoms with Crippen LogP contribution < -0.4 is 5.32 Å². The molecule has 428 valence electrons. The maximum absolute atomic E-state index is 13.2. The number of hydrogen-bond acceptors (Lipinski definition) is 10. The van der Waals surface area contributed by atoms with Gasteiger partial charge in [-0.1, -0.05) is 229 Å². The number of ether oxygens (including phenoxy) is 2. The van der Waals surface area contributed by atoms with Crippen LogP contribution in [-0.4, -0.2) is 110 Å². The zero-order chi connectivity index (χ0) is 53.3. The van der Waals surface area contributed by atoms with E-state index in [0.717, 1.165) is 44.9 Å². The Morgan fingerprint density at radius 3 is 1.22 bits per heavy atom. The Labute approximate surface area is 447 Å². The van der Waals surface area contributed by atoms with Crippen molar-refractivity contribution in [3.05, 3.63) is 48.6 Å². The molecule has 73 heavy (non-hydrogen) atoms. The summed E-state index contributed by atoms with van der Waals surface area (Å²) in [7, 11) is 0. The standard InChI is InChI=1S/C62H115NO10/c1-3-5-7-9-11-13-15-17-19-21-23-25-26-27-28-30-32-34-36-38-40-42-44-46-48-50-55(66)61(71)63-53(52-72-62-60(70)59(69)58(68)56(51-64)73-62)57(67)54(65)49-47-45-43-41-39-37-35-33-31-29-24-22-20-18-16-14-12-10-8-6-4-2/h22,24,27-28,33,35,41,43,53-60,62,64-70H,3-21,23,25-26,29-32,34,36-40,42,44-52H2,1-2H3,(H,63,71)/b24-22+,28-27-,35-33+,43-41+.